The number of H-pyrrole nitrogens is 1. The lowest BCUT2D eigenvalue weighted by Gasteiger charge is -2.28. The van der Waals surface area contributed by atoms with Crippen LogP contribution in [0.15, 0.2) is 27.5 Å². The van der Waals surface area contributed by atoms with Crippen molar-refractivity contribution in [3.8, 4) is 0 Å². The second-order valence-corrected chi connectivity index (χ2v) is 6.11. The second-order valence-electron chi connectivity index (χ2n) is 5.19. The molecule has 1 aromatic carbocycles. The highest BCUT2D eigenvalue weighted by atomic mass is 79.9. The third-order valence-electron chi connectivity index (χ3n) is 3.79. The summed E-state index contributed by atoms with van der Waals surface area (Å²) in [6.45, 7) is 2.12. The maximum atomic E-state index is 12.1. The van der Waals surface area contributed by atoms with Gasteiger partial charge in [-0.25, -0.2) is 4.98 Å². The van der Waals surface area contributed by atoms with E-state index in [9.17, 15) is 4.79 Å². The van der Waals surface area contributed by atoms with Crippen molar-refractivity contribution in [3.05, 3.63) is 38.9 Å². The molecule has 1 aliphatic rings. The van der Waals surface area contributed by atoms with Crippen LogP contribution < -0.4 is 5.56 Å². The summed E-state index contributed by atoms with van der Waals surface area (Å²) in [5, 5.41) is 0.644. The predicted octanol–water partition coefficient (Wildman–Crippen LogP) is 2.49. The second kappa shape index (κ2) is 5.06. The lowest BCUT2D eigenvalue weighted by molar-refractivity contribution is 0.251. The first-order chi connectivity index (χ1) is 9.13. The standard InChI is InChI=1S/C14H16BrN3O/c1-18-6-4-9(5-7-18)13-16-12-3-2-10(15)8-11(12)14(19)17-13/h2-3,8-9H,4-7H2,1H3,(H,16,17,19). The molecule has 1 N–H and O–H groups in total. The van der Waals surface area contributed by atoms with Crippen LogP contribution in [0.25, 0.3) is 10.9 Å². The number of hydrogen-bond acceptors (Lipinski definition) is 3. The third-order valence-corrected chi connectivity index (χ3v) is 4.28. The van der Waals surface area contributed by atoms with Crippen LogP contribution in [0.1, 0.15) is 24.6 Å². The Morgan fingerprint density at radius 1 is 1.37 bits per heavy atom. The maximum Gasteiger partial charge on any atom is 0.258 e. The van der Waals surface area contributed by atoms with Gasteiger partial charge in [-0.05, 0) is 51.2 Å². The molecular weight excluding hydrogens is 306 g/mol. The number of halogens is 1. The Labute approximate surface area is 120 Å². The molecule has 3 rings (SSSR count). The van der Waals surface area contributed by atoms with E-state index in [4.69, 9.17) is 0 Å². The molecule has 0 aliphatic carbocycles. The summed E-state index contributed by atoms with van der Waals surface area (Å²) in [5.74, 6) is 1.21. The topological polar surface area (TPSA) is 49.0 Å². The lowest BCUT2D eigenvalue weighted by Crippen LogP contribution is -2.30. The van der Waals surface area contributed by atoms with Crippen LogP contribution in [0.2, 0.25) is 0 Å². The molecule has 0 spiro atoms. The molecule has 1 aliphatic heterocycles. The molecule has 0 bridgehead atoms. The van der Waals surface area contributed by atoms with E-state index < -0.39 is 0 Å². The predicted molar refractivity (Wildman–Crippen MR) is 79.5 cm³/mol. The summed E-state index contributed by atoms with van der Waals surface area (Å²) < 4.78 is 0.902. The fourth-order valence-electron chi connectivity index (χ4n) is 2.60. The molecule has 2 heterocycles. The van der Waals surface area contributed by atoms with Crippen LogP contribution in [0.4, 0.5) is 0 Å². The first-order valence-corrected chi connectivity index (χ1v) is 7.31. The average molecular weight is 322 g/mol. The van der Waals surface area contributed by atoms with E-state index in [2.05, 4.69) is 37.8 Å². The monoisotopic (exact) mass is 321 g/mol. The van der Waals surface area contributed by atoms with Crippen molar-refractivity contribution in [1.29, 1.82) is 0 Å². The zero-order valence-electron chi connectivity index (χ0n) is 10.8. The zero-order chi connectivity index (χ0) is 13.4. The van der Waals surface area contributed by atoms with E-state index in [0.717, 1.165) is 41.7 Å². The van der Waals surface area contributed by atoms with Gasteiger partial charge >= 0.3 is 0 Å². The first-order valence-electron chi connectivity index (χ1n) is 6.51. The van der Waals surface area contributed by atoms with Crippen LogP contribution in [0, 0.1) is 0 Å². The molecule has 0 amide bonds. The molecule has 0 atom stereocenters. The van der Waals surface area contributed by atoms with Gasteiger partial charge in [-0.15, -0.1) is 0 Å². The van der Waals surface area contributed by atoms with E-state index in [-0.39, 0.29) is 5.56 Å². The van der Waals surface area contributed by atoms with Crippen molar-refractivity contribution in [2.75, 3.05) is 20.1 Å². The lowest BCUT2D eigenvalue weighted by atomic mass is 9.96. The fourth-order valence-corrected chi connectivity index (χ4v) is 2.97. The van der Waals surface area contributed by atoms with E-state index >= 15 is 0 Å². The quantitative estimate of drug-likeness (QED) is 0.878. The van der Waals surface area contributed by atoms with Crippen LogP contribution in [-0.4, -0.2) is 35.0 Å². The van der Waals surface area contributed by atoms with Crippen molar-refractivity contribution in [1.82, 2.24) is 14.9 Å². The molecule has 1 fully saturated rings. The van der Waals surface area contributed by atoms with Gasteiger partial charge in [0, 0.05) is 10.4 Å². The molecule has 4 nitrogen and oxygen atoms in total. The minimum Gasteiger partial charge on any atom is -0.310 e. The Bertz CT molecular complexity index is 659. The highest BCUT2D eigenvalue weighted by molar-refractivity contribution is 9.10. The number of likely N-dealkylation sites (tertiary alicyclic amines) is 1. The van der Waals surface area contributed by atoms with Gasteiger partial charge in [0.2, 0.25) is 0 Å². The summed E-state index contributed by atoms with van der Waals surface area (Å²) in [6, 6.07) is 5.64. The fraction of sp³-hybridized carbons (Fsp3) is 0.429. The van der Waals surface area contributed by atoms with E-state index in [1.54, 1.807) is 0 Å². The van der Waals surface area contributed by atoms with Gasteiger partial charge in [0.15, 0.2) is 0 Å². The first kappa shape index (κ1) is 12.8. The van der Waals surface area contributed by atoms with Crippen molar-refractivity contribution in [2.24, 2.45) is 0 Å². The number of fused-ring (bicyclic) bond motifs is 1. The van der Waals surface area contributed by atoms with Crippen molar-refractivity contribution in [3.63, 3.8) is 0 Å². The Morgan fingerprint density at radius 2 is 2.11 bits per heavy atom. The minimum absolute atomic E-state index is 0.0415. The summed E-state index contributed by atoms with van der Waals surface area (Å²) in [7, 11) is 2.13. The summed E-state index contributed by atoms with van der Waals surface area (Å²) >= 11 is 3.38. The number of nitrogens with zero attached hydrogens (tertiary/aromatic N) is 2. The van der Waals surface area contributed by atoms with Gasteiger partial charge in [-0.2, -0.15) is 0 Å². The average Bonchev–Trinajstić information content (AvgIpc) is 2.40. The van der Waals surface area contributed by atoms with Crippen LogP contribution in [0.5, 0.6) is 0 Å². The van der Waals surface area contributed by atoms with Crippen LogP contribution >= 0.6 is 15.9 Å². The van der Waals surface area contributed by atoms with Crippen molar-refractivity contribution < 1.29 is 0 Å². The number of aromatic nitrogens is 2. The molecule has 1 aromatic heterocycles. The molecule has 0 radical (unpaired) electrons. The van der Waals surface area contributed by atoms with Crippen molar-refractivity contribution in [2.45, 2.75) is 18.8 Å². The zero-order valence-corrected chi connectivity index (χ0v) is 12.4. The highest BCUT2D eigenvalue weighted by Gasteiger charge is 2.20. The third kappa shape index (κ3) is 2.58. The SMILES string of the molecule is CN1CCC(c2nc3ccc(Br)cc3c(=O)[nH]2)CC1. The Balaban J connectivity index is 2.01. The number of nitrogens with one attached hydrogen (secondary N) is 1. The number of piperidine rings is 1. The van der Waals surface area contributed by atoms with Gasteiger partial charge in [0.05, 0.1) is 10.9 Å². The van der Waals surface area contributed by atoms with Gasteiger partial charge in [-0.3, -0.25) is 4.79 Å². The Kier molecular flexibility index (Phi) is 3.41. The molecule has 5 heteroatoms. The van der Waals surface area contributed by atoms with E-state index in [0.29, 0.717) is 11.3 Å². The molecule has 100 valence electrons. The molecule has 0 unspecified atom stereocenters. The Hall–Kier alpha value is -1.20. The maximum absolute atomic E-state index is 12.1. The summed E-state index contributed by atoms with van der Waals surface area (Å²) in [4.78, 5) is 22.0. The van der Waals surface area contributed by atoms with Crippen molar-refractivity contribution >= 4 is 26.8 Å². The number of benzene rings is 1. The number of rotatable bonds is 1. The van der Waals surface area contributed by atoms with Crippen LogP contribution in [0.3, 0.4) is 0 Å². The Morgan fingerprint density at radius 3 is 2.84 bits per heavy atom. The molecule has 1 saturated heterocycles. The largest absolute Gasteiger partial charge is 0.310 e. The molecule has 0 saturated carbocycles. The van der Waals surface area contributed by atoms with Gasteiger partial charge < -0.3 is 9.88 Å². The van der Waals surface area contributed by atoms with E-state index in [1.165, 1.54) is 0 Å². The van der Waals surface area contributed by atoms with Gasteiger partial charge in [-0.1, -0.05) is 15.9 Å². The molecule has 19 heavy (non-hydrogen) atoms. The molecule has 2 aromatic rings. The summed E-state index contributed by atoms with van der Waals surface area (Å²) in [6.07, 6.45) is 2.11. The number of aromatic amines is 1. The van der Waals surface area contributed by atoms with Gasteiger partial charge in [0.1, 0.15) is 5.82 Å². The van der Waals surface area contributed by atoms with Gasteiger partial charge in [0.25, 0.3) is 5.56 Å². The molecular formula is C14H16BrN3O. The minimum atomic E-state index is -0.0415. The smallest absolute Gasteiger partial charge is 0.258 e. The number of hydrogen-bond donors (Lipinski definition) is 1. The normalized spacial score (nSPS) is 18.0. The summed E-state index contributed by atoms with van der Waals surface area (Å²) in [5.41, 5.74) is 0.737. The highest BCUT2D eigenvalue weighted by Crippen LogP contribution is 2.25. The van der Waals surface area contributed by atoms with Crippen LogP contribution in [-0.2, 0) is 0 Å². The van der Waals surface area contributed by atoms with E-state index in [1.807, 2.05) is 18.2 Å².